The summed E-state index contributed by atoms with van der Waals surface area (Å²) >= 11 is 6.06. The van der Waals surface area contributed by atoms with Crippen LogP contribution in [0.5, 0.6) is 5.75 Å². The lowest BCUT2D eigenvalue weighted by molar-refractivity contribution is -0.138. The lowest BCUT2D eigenvalue weighted by Gasteiger charge is -2.11. The molecule has 164 valence electrons. The van der Waals surface area contributed by atoms with Crippen molar-refractivity contribution < 1.29 is 32.3 Å². The Morgan fingerprint density at radius 3 is 2.52 bits per heavy atom. The molecule has 0 heterocycles. The molecule has 2 aromatic carbocycles. The minimum Gasteiger partial charge on any atom is -0.482 e. The molecule has 0 spiro atoms. The van der Waals surface area contributed by atoms with Crippen LogP contribution in [-0.2, 0) is 20.6 Å². The summed E-state index contributed by atoms with van der Waals surface area (Å²) in [7, 11) is 1.30. The van der Waals surface area contributed by atoms with Gasteiger partial charge in [0.25, 0.3) is 5.91 Å². The summed E-state index contributed by atoms with van der Waals surface area (Å²) < 4.78 is 43.4. The highest BCUT2D eigenvalue weighted by Gasteiger charge is 2.30. The highest BCUT2D eigenvalue weighted by Crippen LogP contribution is 2.30. The SMILES string of the molecule is CNC(=O)C(=O)N/N=C\c1ccc(OCC(=O)Nc2cccc(C(F)(F)F)c2)c(Cl)c1. The summed E-state index contributed by atoms with van der Waals surface area (Å²) in [6.45, 7) is -0.494. The van der Waals surface area contributed by atoms with Crippen LogP contribution < -0.4 is 20.8 Å². The molecule has 0 bridgehead atoms. The normalized spacial score (nSPS) is 11.1. The van der Waals surface area contributed by atoms with E-state index < -0.39 is 36.1 Å². The van der Waals surface area contributed by atoms with Gasteiger partial charge < -0.3 is 15.4 Å². The Labute approximate surface area is 179 Å². The molecule has 3 N–H and O–H groups in total. The van der Waals surface area contributed by atoms with Crippen molar-refractivity contribution >= 4 is 41.2 Å². The van der Waals surface area contributed by atoms with Crippen molar-refractivity contribution in [2.75, 3.05) is 19.0 Å². The minimum absolute atomic E-state index is 0.0279. The van der Waals surface area contributed by atoms with Crippen molar-refractivity contribution in [2.24, 2.45) is 5.10 Å². The van der Waals surface area contributed by atoms with E-state index in [-0.39, 0.29) is 16.5 Å². The van der Waals surface area contributed by atoms with E-state index in [2.05, 4.69) is 15.7 Å². The fourth-order valence-electron chi connectivity index (χ4n) is 2.16. The smallest absolute Gasteiger partial charge is 0.416 e. The van der Waals surface area contributed by atoms with Gasteiger partial charge >= 0.3 is 18.0 Å². The molecule has 0 fully saturated rings. The molecule has 2 aromatic rings. The molecule has 12 heteroatoms. The standard InChI is InChI=1S/C19H16ClF3N4O4/c1-24-17(29)18(30)27-25-9-11-5-6-15(14(20)7-11)31-10-16(28)26-13-4-2-3-12(8-13)19(21,22)23/h2-9H,10H2,1H3,(H,24,29)(H,26,28)(H,27,30)/b25-9-. The van der Waals surface area contributed by atoms with Crippen molar-refractivity contribution in [1.82, 2.24) is 10.7 Å². The van der Waals surface area contributed by atoms with Crippen LogP contribution in [0, 0.1) is 0 Å². The van der Waals surface area contributed by atoms with Crippen LogP contribution in [0.3, 0.4) is 0 Å². The molecule has 0 saturated carbocycles. The van der Waals surface area contributed by atoms with E-state index in [1.165, 1.54) is 43.6 Å². The van der Waals surface area contributed by atoms with Gasteiger partial charge in [-0.2, -0.15) is 18.3 Å². The fourth-order valence-corrected chi connectivity index (χ4v) is 2.40. The van der Waals surface area contributed by atoms with Crippen molar-refractivity contribution in [1.29, 1.82) is 0 Å². The summed E-state index contributed by atoms with van der Waals surface area (Å²) in [6.07, 6.45) is -3.29. The Bertz CT molecular complexity index is 1010. The molecule has 0 saturated heterocycles. The number of ether oxygens (including phenoxy) is 1. The third kappa shape index (κ3) is 7.30. The second-order valence-corrected chi connectivity index (χ2v) is 6.29. The minimum atomic E-state index is -4.53. The zero-order valence-electron chi connectivity index (χ0n) is 15.9. The van der Waals surface area contributed by atoms with Gasteiger partial charge in [0.2, 0.25) is 0 Å². The third-order valence-electron chi connectivity index (χ3n) is 3.60. The number of amides is 3. The lowest BCUT2D eigenvalue weighted by atomic mass is 10.2. The second kappa shape index (κ2) is 10.4. The Balaban J connectivity index is 1.92. The van der Waals surface area contributed by atoms with Gasteiger partial charge in [-0.25, -0.2) is 5.43 Å². The number of hydrogen-bond acceptors (Lipinski definition) is 5. The van der Waals surface area contributed by atoms with E-state index in [1.807, 2.05) is 5.43 Å². The molecular weight excluding hydrogens is 441 g/mol. The number of nitrogens with zero attached hydrogens (tertiary/aromatic N) is 1. The van der Waals surface area contributed by atoms with Crippen molar-refractivity contribution in [3.05, 3.63) is 58.6 Å². The molecule has 0 aromatic heterocycles. The number of halogens is 4. The zero-order valence-corrected chi connectivity index (χ0v) is 16.7. The van der Waals surface area contributed by atoms with Gasteiger partial charge in [0, 0.05) is 12.7 Å². The molecule has 31 heavy (non-hydrogen) atoms. The first-order valence-electron chi connectivity index (χ1n) is 8.54. The van der Waals surface area contributed by atoms with Gasteiger partial charge in [0.15, 0.2) is 6.61 Å². The number of alkyl halides is 3. The van der Waals surface area contributed by atoms with Crippen LogP contribution in [0.15, 0.2) is 47.6 Å². The van der Waals surface area contributed by atoms with Crippen LogP contribution in [0.25, 0.3) is 0 Å². The van der Waals surface area contributed by atoms with Crippen molar-refractivity contribution in [3.8, 4) is 5.75 Å². The number of anilines is 1. The van der Waals surface area contributed by atoms with E-state index >= 15 is 0 Å². The van der Waals surface area contributed by atoms with Crippen molar-refractivity contribution in [3.63, 3.8) is 0 Å². The Kier molecular flexibility index (Phi) is 7.97. The first kappa shape index (κ1) is 23.7. The van der Waals surface area contributed by atoms with E-state index in [4.69, 9.17) is 16.3 Å². The van der Waals surface area contributed by atoms with Crippen LogP contribution in [0.2, 0.25) is 5.02 Å². The van der Waals surface area contributed by atoms with E-state index in [0.717, 1.165) is 12.1 Å². The number of rotatable bonds is 6. The summed E-state index contributed by atoms with van der Waals surface area (Å²) in [5.41, 5.74) is 1.56. The summed E-state index contributed by atoms with van der Waals surface area (Å²) in [6, 6.07) is 8.56. The highest BCUT2D eigenvalue weighted by molar-refractivity contribution is 6.35. The Morgan fingerprint density at radius 2 is 1.87 bits per heavy atom. The van der Waals surface area contributed by atoms with Crippen LogP contribution in [0.4, 0.5) is 18.9 Å². The molecule has 8 nitrogen and oxygen atoms in total. The molecule has 0 unspecified atom stereocenters. The van der Waals surface area contributed by atoms with Crippen molar-refractivity contribution in [2.45, 2.75) is 6.18 Å². The number of carbonyl (C=O) groups excluding carboxylic acids is 3. The second-order valence-electron chi connectivity index (χ2n) is 5.88. The summed E-state index contributed by atoms with van der Waals surface area (Å²) in [4.78, 5) is 34.3. The molecule has 0 radical (unpaired) electrons. The Hall–Kier alpha value is -3.60. The largest absolute Gasteiger partial charge is 0.482 e. The predicted molar refractivity (Wildman–Crippen MR) is 107 cm³/mol. The number of benzene rings is 2. The zero-order chi connectivity index (χ0) is 23.0. The maximum atomic E-state index is 12.7. The average Bonchev–Trinajstić information content (AvgIpc) is 2.72. The number of carbonyl (C=O) groups is 3. The first-order chi connectivity index (χ1) is 14.6. The maximum absolute atomic E-state index is 12.7. The third-order valence-corrected chi connectivity index (χ3v) is 3.90. The van der Waals surface area contributed by atoms with Crippen LogP contribution in [0.1, 0.15) is 11.1 Å². The van der Waals surface area contributed by atoms with Gasteiger partial charge in [-0.3, -0.25) is 14.4 Å². The molecule has 0 aliphatic carbocycles. The van der Waals surface area contributed by atoms with Gasteiger partial charge in [0.1, 0.15) is 5.75 Å². The molecular formula is C19H16ClF3N4O4. The predicted octanol–water partition coefficient (Wildman–Crippen LogP) is 2.57. The molecule has 0 atom stereocenters. The number of hydrogen-bond donors (Lipinski definition) is 3. The number of hydrazone groups is 1. The van der Waals surface area contributed by atoms with Crippen LogP contribution >= 0.6 is 11.6 Å². The van der Waals surface area contributed by atoms with E-state index in [0.29, 0.717) is 5.56 Å². The summed E-state index contributed by atoms with van der Waals surface area (Å²) in [5, 5.41) is 8.16. The molecule has 0 aliphatic rings. The van der Waals surface area contributed by atoms with Crippen LogP contribution in [-0.4, -0.2) is 37.6 Å². The summed E-state index contributed by atoms with van der Waals surface area (Å²) in [5.74, 6) is -2.34. The fraction of sp³-hybridized carbons (Fsp3) is 0.158. The highest BCUT2D eigenvalue weighted by atomic mass is 35.5. The van der Waals surface area contributed by atoms with Gasteiger partial charge in [-0.05, 0) is 42.0 Å². The number of likely N-dealkylation sites (N-methyl/N-ethyl adjacent to an activating group) is 1. The van der Waals surface area contributed by atoms with E-state index in [9.17, 15) is 27.6 Å². The molecule has 2 rings (SSSR count). The van der Waals surface area contributed by atoms with Gasteiger partial charge in [-0.15, -0.1) is 0 Å². The number of nitrogens with one attached hydrogen (secondary N) is 3. The van der Waals surface area contributed by atoms with Gasteiger partial charge in [0.05, 0.1) is 16.8 Å². The monoisotopic (exact) mass is 456 g/mol. The van der Waals surface area contributed by atoms with Gasteiger partial charge in [-0.1, -0.05) is 17.7 Å². The average molecular weight is 457 g/mol. The van der Waals surface area contributed by atoms with E-state index in [1.54, 1.807) is 0 Å². The first-order valence-corrected chi connectivity index (χ1v) is 8.92. The quantitative estimate of drug-likeness (QED) is 0.352. The Morgan fingerprint density at radius 1 is 1.13 bits per heavy atom. The maximum Gasteiger partial charge on any atom is 0.416 e. The lowest BCUT2D eigenvalue weighted by Crippen LogP contribution is -2.35. The molecule has 0 aliphatic heterocycles. The topological polar surface area (TPSA) is 109 Å². The molecule has 3 amide bonds.